The highest BCUT2D eigenvalue weighted by molar-refractivity contribution is 5.43. The molecule has 1 aromatic heterocycles. The summed E-state index contributed by atoms with van der Waals surface area (Å²) in [4.78, 5) is 11.2. The van der Waals surface area contributed by atoms with Gasteiger partial charge in [0.15, 0.2) is 0 Å². The maximum atomic E-state index is 4.61. The molecule has 0 saturated carbocycles. The SMILES string of the molecule is CCNc1cncc(N2CCCCCCC2)n1. The highest BCUT2D eigenvalue weighted by Crippen LogP contribution is 2.17. The first-order valence-corrected chi connectivity index (χ1v) is 6.71. The standard InChI is InChI=1S/C13H22N4/c1-2-15-12-10-14-11-13(16-12)17-8-6-4-3-5-7-9-17/h10-11H,2-9H2,1H3,(H,15,16). The van der Waals surface area contributed by atoms with E-state index >= 15 is 0 Å². The van der Waals surface area contributed by atoms with Gasteiger partial charge in [0.1, 0.15) is 11.6 Å². The van der Waals surface area contributed by atoms with Crippen molar-refractivity contribution in [2.45, 2.75) is 39.0 Å². The Labute approximate surface area is 103 Å². The molecule has 94 valence electrons. The molecule has 1 saturated heterocycles. The van der Waals surface area contributed by atoms with Crippen molar-refractivity contribution < 1.29 is 0 Å². The van der Waals surface area contributed by atoms with Gasteiger partial charge < -0.3 is 10.2 Å². The zero-order chi connectivity index (χ0) is 11.9. The third kappa shape index (κ3) is 3.58. The summed E-state index contributed by atoms with van der Waals surface area (Å²) in [5.74, 6) is 1.90. The molecule has 0 amide bonds. The van der Waals surface area contributed by atoms with Crippen molar-refractivity contribution in [1.29, 1.82) is 0 Å². The Morgan fingerprint density at radius 3 is 2.53 bits per heavy atom. The summed E-state index contributed by atoms with van der Waals surface area (Å²) in [7, 11) is 0. The molecule has 0 atom stereocenters. The number of nitrogens with zero attached hydrogens (tertiary/aromatic N) is 3. The number of aromatic nitrogens is 2. The summed E-state index contributed by atoms with van der Waals surface area (Å²) >= 11 is 0. The van der Waals surface area contributed by atoms with Crippen LogP contribution in [0.25, 0.3) is 0 Å². The molecule has 0 radical (unpaired) electrons. The Kier molecular flexibility index (Phi) is 4.59. The van der Waals surface area contributed by atoms with Crippen molar-refractivity contribution in [3.63, 3.8) is 0 Å². The summed E-state index contributed by atoms with van der Waals surface area (Å²) in [6.07, 6.45) is 10.3. The van der Waals surface area contributed by atoms with E-state index in [1.807, 2.05) is 6.20 Å². The van der Waals surface area contributed by atoms with Crippen molar-refractivity contribution >= 4 is 11.6 Å². The molecular weight excluding hydrogens is 212 g/mol. The maximum Gasteiger partial charge on any atom is 0.149 e. The van der Waals surface area contributed by atoms with E-state index in [9.17, 15) is 0 Å². The van der Waals surface area contributed by atoms with Gasteiger partial charge in [-0.3, -0.25) is 4.98 Å². The molecule has 0 aliphatic carbocycles. The van der Waals surface area contributed by atoms with Gasteiger partial charge in [0, 0.05) is 19.6 Å². The largest absolute Gasteiger partial charge is 0.369 e. The molecule has 0 unspecified atom stereocenters. The third-order valence-electron chi connectivity index (χ3n) is 3.16. The van der Waals surface area contributed by atoms with Crippen LogP contribution in [0.1, 0.15) is 39.0 Å². The first kappa shape index (κ1) is 12.1. The number of anilines is 2. The second-order valence-electron chi connectivity index (χ2n) is 4.55. The van der Waals surface area contributed by atoms with E-state index < -0.39 is 0 Å². The molecule has 17 heavy (non-hydrogen) atoms. The van der Waals surface area contributed by atoms with E-state index in [0.717, 1.165) is 31.3 Å². The average Bonchev–Trinajstić information content (AvgIpc) is 2.29. The van der Waals surface area contributed by atoms with Crippen LogP contribution < -0.4 is 10.2 Å². The van der Waals surface area contributed by atoms with E-state index in [4.69, 9.17) is 0 Å². The molecule has 0 bridgehead atoms. The van der Waals surface area contributed by atoms with Gasteiger partial charge in [0.25, 0.3) is 0 Å². The Morgan fingerprint density at radius 1 is 1.12 bits per heavy atom. The Balaban J connectivity index is 2.05. The normalized spacial score (nSPS) is 17.4. The highest BCUT2D eigenvalue weighted by Gasteiger charge is 2.10. The zero-order valence-electron chi connectivity index (χ0n) is 10.7. The Hall–Kier alpha value is -1.32. The average molecular weight is 234 g/mol. The van der Waals surface area contributed by atoms with Gasteiger partial charge in [-0.25, -0.2) is 4.98 Å². The third-order valence-corrected chi connectivity index (χ3v) is 3.16. The highest BCUT2D eigenvalue weighted by atomic mass is 15.2. The van der Waals surface area contributed by atoms with Crippen LogP contribution in [0, 0.1) is 0 Å². The van der Waals surface area contributed by atoms with Gasteiger partial charge >= 0.3 is 0 Å². The number of nitrogens with one attached hydrogen (secondary N) is 1. The molecule has 2 heterocycles. The van der Waals surface area contributed by atoms with Gasteiger partial charge in [0.2, 0.25) is 0 Å². The van der Waals surface area contributed by atoms with Crippen LogP contribution in [0.3, 0.4) is 0 Å². The van der Waals surface area contributed by atoms with Crippen molar-refractivity contribution in [1.82, 2.24) is 9.97 Å². The summed E-state index contributed by atoms with van der Waals surface area (Å²) in [5.41, 5.74) is 0. The maximum absolute atomic E-state index is 4.61. The van der Waals surface area contributed by atoms with E-state index in [2.05, 4.69) is 27.1 Å². The predicted molar refractivity (Wildman–Crippen MR) is 71.5 cm³/mol. The summed E-state index contributed by atoms with van der Waals surface area (Å²) in [6, 6.07) is 0. The van der Waals surface area contributed by atoms with Gasteiger partial charge in [-0.15, -0.1) is 0 Å². The van der Waals surface area contributed by atoms with E-state index in [1.165, 1.54) is 32.1 Å². The molecule has 4 heteroatoms. The van der Waals surface area contributed by atoms with Crippen molar-refractivity contribution in [2.75, 3.05) is 29.9 Å². The molecular formula is C13H22N4. The van der Waals surface area contributed by atoms with Crippen LogP contribution in [-0.2, 0) is 0 Å². The second-order valence-corrected chi connectivity index (χ2v) is 4.55. The smallest absolute Gasteiger partial charge is 0.149 e. The summed E-state index contributed by atoms with van der Waals surface area (Å²) in [6.45, 7) is 5.19. The fourth-order valence-electron chi connectivity index (χ4n) is 2.25. The van der Waals surface area contributed by atoms with Crippen LogP contribution in [0.5, 0.6) is 0 Å². The van der Waals surface area contributed by atoms with Crippen LogP contribution in [-0.4, -0.2) is 29.6 Å². The van der Waals surface area contributed by atoms with Crippen LogP contribution in [0.15, 0.2) is 12.4 Å². The first-order chi connectivity index (χ1) is 8.40. The van der Waals surface area contributed by atoms with Crippen molar-refractivity contribution in [3.05, 3.63) is 12.4 Å². The van der Waals surface area contributed by atoms with E-state index in [-0.39, 0.29) is 0 Å². The first-order valence-electron chi connectivity index (χ1n) is 6.71. The second kappa shape index (κ2) is 6.42. The fourth-order valence-corrected chi connectivity index (χ4v) is 2.25. The van der Waals surface area contributed by atoms with E-state index in [0.29, 0.717) is 0 Å². The lowest BCUT2D eigenvalue weighted by atomic mass is 10.1. The van der Waals surface area contributed by atoms with Gasteiger partial charge in [0.05, 0.1) is 12.4 Å². The molecule has 1 N–H and O–H groups in total. The monoisotopic (exact) mass is 234 g/mol. The molecule has 2 rings (SSSR count). The molecule has 1 aliphatic rings. The van der Waals surface area contributed by atoms with Crippen molar-refractivity contribution in [3.8, 4) is 0 Å². The topological polar surface area (TPSA) is 41.1 Å². The lowest BCUT2D eigenvalue weighted by Crippen LogP contribution is -2.28. The predicted octanol–water partition coefficient (Wildman–Crippen LogP) is 2.68. The minimum atomic E-state index is 0.882. The van der Waals surface area contributed by atoms with Gasteiger partial charge in [-0.05, 0) is 19.8 Å². The van der Waals surface area contributed by atoms with Crippen LogP contribution in [0.4, 0.5) is 11.6 Å². The molecule has 4 nitrogen and oxygen atoms in total. The van der Waals surface area contributed by atoms with Gasteiger partial charge in [-0.2, -0.15) is 0 Å². The molecule has 0 spiro atoms. The molecule has 1 aromatic rings. The minimum absolute atomic E-state index is 0.882. The minimum Gasteiger partial charge on any atom is -0.369 e. The lowest BCUT2D eigenvalue weighted by Gasteiger charge is -2.25. The number of rotatable bonds is 3. The number of hydrogen-bond donors (Lipinski definition) is 1. The van der Waals surface area contributed by atoms with E-state index in [1.54, 1.807) is 6.20 Å². The zero-order valence-corrected chi connectivity index (χ0v) is 10.7. The van der Waals surface area contributed by atoms with Crippen LogP contribution >= 0.6 is 0 Å². The molecule has 1 fully saturated rings. The number of hydrogen-bond acceptors (Lipinski definition) is 4. The Morgan fingerprint density at radius 2 is 1.82 bits per heavy atom. The summed E-state index contributed by atoms with van der Waals surface area (Å²) < 4.78 is 0. The van der Waals surface area contributed by atoms with Crippen LogP contribution in [0.2, 0.25) is 0 Å². The Bertz CT molecular complexity index is 332. The quantitative estimate of drug-likeness (QED) is 0.873. The fraction of sp³-hybridized carbons (Fsp3) is 0.692. The summed E-state index contributed by atoms with van der Waals surface area (Å²) in [5, 5.41) is 3.21. The molecule has 1 aliphatic heterocycles. The lowest BCUT2D eigenvalue weighted by molar-refractivity contribution is 0.553. The molecule has 0 aromatic carbocycles. The van der Waals surface area contributed by atoms with Crippen molar-refractivity contribution in [2.24, 2.45) is 0 Å². The van der Waals surface area contributed by atoms with Gasteiger partial charge in [-0.1, -0.05) is 19.3 Å².